The Kier molecular flexibility index (Phi) is 6.39. The Morgan fingerprint density at radius 1 is 1.33 bits per heavy atom. The lowest BCUT2D eigenvalue weighted by atomic mass is 9.98. The Balaban J connectivity index is 1.48. The number of ether oxygens (including phenoxy) is 1. The highest BCUT2D eigenvalue weighted by Crippen LogP contribution is 2.20. The molecule has 1 heterocycles. The third kappa shape index (κ3) is 5.05. The van der Waals surface area contributed by atoms with Crippen LogP contribution < -0.4 is 10.6 Å². The molecular formula is C19H22FN5O2. The summed E-state index contributed by atoms with van der Waals surface area (Å²) in [6.45, 7) is 0.882. The smallest absolute Gasteiger partial charge is 0.320 e. The molecule has 0 radical (unpaired) electrons. The number of benzene rings is 1. The van der Waals surface area contributed by atoms with Crippen molar-refractivity contribution >= 4 is 11.8 Å². The van der Waals surface area contributed by atoms with Gasteiger partial charge in [0.05, 0.1) is 18.4 Å². The van der Waals surface area contributed by atoms with Crippen LogP contribution in [-0.2, 0) is 4.74 Å². The number of amides is 2. The van der Waals surface area contributed by atoms with Crippen molar-refractivity contribution in [3.8, 4) is 11.8 Å². The van der Waals surface area contributed by atoms with Gasteiger partial charge in [-0.25, -0.2) is 13.9 Å². The number of hydrogen-bond donors (Lipinski definition) is 2. The van der Waals surface area contributed by atoms with E-state index in [1.165, 1.54) is 36.1 Å². The van der Waals surface area contributed by atoms with Crippen LogP contribution in [-0.4, -0.2) is 35.1 Å². The van der Waals surface area contributed by atoms with Gasteiger partial charge in [0.1, 0.15) is 17.4 Å². The molecule has 2 amide bonds. The van der Waals surface area contributed by atoms with Crippen molar-refractivity contribution in [2.24, 2.45) is 0 Å². The third-order valence-electron chi connectivity index (χ3n) is 4.47. The summed E-state index contributed by atoms with van der Waals surface area (Å²) < 4.78 is 20.8. The molecule has 1 aliphatic rings. The second kappa shape index (κ2) is 9.14. The molecule has 0 atom stereocenters. The van der Waals surface area contributed by atoms with Gasteiger partial charge in [-0.15, -0.1) is 5.10 Å². The Hall–Kier alpha value is -2.92. The van der Waals surface area contributed by atoms with Crippen molar-refractivity contribution in [1.82, 2.24) is 15.1 Å². The summed E-state index contributed by atoms with van der Waals surface area (Å²) in [5, 5.41) is 18.6. The van der Waals surface area contributed by atoms with Crippen LogP contribution in [0.15, 0.2) is 30.5 Å². The molecule has 1 aromatic heterocycles. The van der Waals surface area contributed by atoms with Gasteiger partial charge in [0.2, 0.25) is 0 Å². The number of anilines is 1. The van der Waals surface area contributed by atoms with Crippen molar-refractivity contribution in [3.63, 3.8) is 0 Å². The number of rotatable bonds is 6. The molecule has 8 heteroatoms. The van der Waals surface area contributed by atoms with E-state index in [4.69, 9.17) is 10.00 Å². The molecule has 0 saturated heterocycles. The van der Waals surface area contributed by atoms with Gasteiger partial charge in [-0.3, -0.25) is 5.32 Å². The summed E-state index contributed by atoms with van der Waals surface area (Å²) in [5.74, 6) is -0.315. The molecule has 1 aromatic carbocycles. The van der Waals surface area contributed by atoms with Crippen LogP contribution in [0.2, 0.25) is 0 Å². The minimum absolute atomic E-state index is 0.100. The molecule has 0 spiro atoms. The molecule has 0 unspecified atom stereocenters. The summed E-state index contributed by atoms with van der Waals surface area (Å²) in [4.78, 5) is 11.9. The second-order valence-corrected chi connectivity index (χ2v) is 6.40. The molecule has 1 aliphatic carbocycles. The number of nitrogens with one attached hydrogen (secondary N) is 2. The monoisotopic (exact) mass is 371 g/mol. The Morgan fingerprint density at radius 3 is 2.93 bits per heavy atom. The van der Waals surface area contributed by atoms with E-state index in [1.807, 2.05) is 6.07 Å². The maximum Gasteiger partial charge on any atom is 0.320 e. The van der Waals surface area contributed by atoms with Crippen LogP contribution in [0.25, 0.3) is 5.69 Å². The first kappa shape index (κ1) is 18.9. The van der Waals surface area contributed by atoms with Crippen molar-refractivity contribution in [3.05, 3.63) is 41.8 Å². The van der Waals surface area contributed by atoms with Crippen molar-refractivity contribution < 1.29 is 13.9 Å². The van der Waals surface area contributed by atoms with E-state index < -0.39 is 11.8 Å². The van der Waals surface area contributed by atoms with E-state index in [-0.39, 0.29) is 5.56 Å². The van der Waals surface area contributed by atoms with Crippen LogP contribution in [0.4, 0.5) is 15.0 Å². The molecule has 0 bridgehead atoms. The topological polar surface area (TPSA) is 92.0 Å². The second-order valence-electron chi connectivity index (χ2n) is 6.40. The van der Waals surface area contributed by atoms with Gasteiger partial charge >= 0.3 is 6.03 Å². The zero-order valence-corrected chi connectivity index (χ0v) is 14.9. The van der Waals surface area contributed by atoms with E-state index >= 15 is 0 Å². The fourth-order valence-electron chi connectivity index (χ4n) is 3.12. The number of nitrogens with zero attached hydrogens (tertiary/aromatic N) is 3. The average molecular weight is 371 g/mol. The zero-order valence-electron chi connectivity index (χ0n) is 14.9. The summed E-state index contributed by atoms with van der Waals surface area (Å²) in [6, 6.07) is 7.30. The number of carbonyl (C=O) groups is 1. The normalized spacial score (nSPS) is 14.5. The molecule has 3 rings (SSSR count). The standard InChI is InChI=1S/C19H22FN5O2/c20-16-7-4-8-17(15(16)13-21)25-11-9-18(24-25)23-19(26)22-10-12-27-14-5-2-1-3-6-14/h4,7-9,11,14H,1-3,5-6,10,12H2,(H2,22,23,24,26). The number of carbonyl (C=O) groups excluding carboxylic acids is 1. The van der Waals surface area contributed by atoms with Gasteiger partial charge in [0, 0.05) is 18.8 Å². The van der Waals surface area contributed by atoms with Gasteiger partial charge in [-0.1, -0.05) is 25.3 Å². The van der Waals surface area contributed by atoms with Crippen LogP contribution in [0.3, 0.4) is 0 Å². The van der Waals surface area contributed by atoms with Crippen LogP contribution in [0, 0.1) is 17.1 Å². The highest BCUT2D eigenvalue weighted by Gasteiger charge is 2.14. The lowest BCUT2D eigenvalue weighted by Gasteiger charge is -2.21. The first-order chi connectivity index (χ1) is 13.2. The maximum absolute atomic E-state index is 13.7. The van der Waals surface area contributed by atoms with Gasteiger partial charge in [0.15, 0.2) is 5.82 Å². The minimum atomic E-state index is -0.615. The predicted octanol–water partition coefficient (Wildman–Crippen LogP) is 3.35. The Labute approximate surface area is 157 Å². The highest BCUT2D eigenvalue weighted by molar-refractivity contribution is 5.88. The number of halogens is 1. The summed E-state index contributed by atoms with van der Waals surface area (Å²) in [7, 11) is 0. The largest absolute Gasteiger partial charge is 0.376 e. The fourth-order valence-corrected chi connectivity index (χ4v) is 3.12. The van der Waals surface area contributed by atoms with Gasteiger partial charge in [-0.05, 0) is 25.0 Å². The zero-order chi connectivity index (χ0) is 19.1. The third-order valence-corrected chi connectivity index (χ3v) is 4.47. The first-order valence-electron chi connectivity index (χ1n) is 9.08. The lowest BCUT2D eigenvalue weighted by Crippen LogP contribution is -2.33. The fraction of sp³-hybridized carbons (Fsp3) is 0.421. The lowest BCUT2D eigenvalue weighted by molar-refractivity contribution is 0.0313. The van der Waals surface area contributed by atoms with Crippen LogP contribution in [0.1, 0.15) is 37.7 Å². The number of urea groups is 1. The summed E-state index contributed by atoms with van der Waals surface area (Å²) in [5.41, 5.74) is 0.211. The number of nitriles is 1. The Bertz CT molecular complexity index is 824. The minimum Gasteiger partial charge on any atom is -0.376 e. The van der Waals surface area contributed by atoms with E-state index in [1.54, 1.807) is 18.3 Å². The van der Waals surface area contributed by atoms with Crippen LogP contribution in [0.5, 0.6) is 0 Å². The van der Waals surface area contributed by atoms with Gasteiger partial charge in [0.25, 0.3) is 0 Å². The first-order valence-corrected chi connectivity index (χ1v) is 9.08. The quantitative estimate of drug-likeness (QED) is 0.762. The molecule has 1 fully saturated rings. The maximum atomic E-state index is 13.7. The molecule has 7 nitrogen and oxygen atoms in total. The summed E-state index contributed by atoms with van der Waals surface area (Å²) in [6.07, 6.45) is 7.74. The molecule has 142 valence electrons. The SMILES string of the molecule is N#Cc1c(F)cccc1-n1ccc(NC(=O)NCCOC2CCCCC2)n1. The highest BCUT2D eigenvalue weighted by atomic mass is 19.1. The predicted molar refractivity (Wildman–Crippen MR) is 98.1 cm³/mol. The molecule has 1 saturated carbocycles. The molecule has 27 heavy (non-hydrogen) atoms. The van der Waals surface area contributed by atoms with Crippen molar-refractivity contribution in [2.45, 2.75) is 38.2 Å². The van der Waals surface area contributed by atoms with E-state index in [0.29, 0.717) is 30.8 Å². The summed E-state index contributed by atoms with van der Waals surface area (Å²) >= 11 is 0. The number of aromatic nitrogens is 2. The molecular weight excluding hydrogens is 349 g/mol. The molecule has 0 aliphatic heterocycles. The van der Waals surface area contributed by atoms with E-state index in [2.05, 4.69) is 15.7 Å². The van der Waals surface area contributed by atoms with Crippen molar-refractivity contribution in [1.29, 1.82) is 5.26 Å². The van der Waals surface area contributed by atoms with E-state index in [9.17, 15) is 9.18 Å². The average Bonchev–Trinajstić information content (AvgIpc) is 3.14. The molecule has 2 N–H and O–H groups in total. The van der Waals surface area contributed by atoms with Gasteiger partial charge in [-0.2, -0.15) is 5.26 Å². The molecule has 2 aromatic rings. The van der Waals surface area contributed by atoms with Gasteiger partial charge < -0.3 is 10.1 Å². The van der Waals surface area contributed by atoms with Crippen molar-refractivity contribution in [2.75, 3.05) is 18.5 Å². The van der Waals surface area contributed by atoms with Crippen LogP contribution >= 0.6 is 0 Å². The number of hydrogen-bond acceptors (Lipinski definition) is 4. The Morgan fingerprint density at radius 2 is 2.15 bits per heavy atom. The van der Waals surface area contributed by atoms with E-state index in [0.717, 1.165) is 12.8 Å².